The number of H-pyrrole nitrogens is 1. The summed E-state index contributed by atoms with van der Waals surface area (Å²) in [6.07, 6.45) is 4.44. The van der Waals surface area contributed by atoms with Crippen molar-refractivity contribution in [1.82, 2.24) is 24.9 Å². The van der Waals surface area contributed by atoms with E-state index in [1.54, 1.807) is 12.3 Å². The first kappa shape index (κ1) is 22.3. The van der Waals surface area contributed by atoms with Crippen LogP contribution < -0.4 is 9.62 Å². The van der Waals surface area contributed by atoms with Crippen molar-refractivity contribution in [3.63, 3.8) is 0 Å². The summed E-state index contributed by atoms with van der Waals surface area (Å²) in [6, 6.07) is 4.89. The molecule has 3 aromatic rings. The third-order valence-corrected chi connectivity index (χ3v) is 8.96. The monoisotopic (exact) mass is 568 g/mol. The first-order valence-corrected chi connectivity index (χ1v) is 13.0. The number of rotatable bonds is 3. The van der Waals surface area contributed by atoms with Crippen molar-refractivity contribution in [3.05, 3.63) is 45.0 Å². The Hall–Kier alpha value is -1.50. The molecule has 1 aliphatic carbocycles. The fraction of sp³-hybridized carbons (Fsp3) is 0.500. The van der Waals surface area contributed by atoms with Crippen molar-refractivity contribution in [2.75, 3.05) is 18.0 Å². The molecule has 0 radical (unpaired) electrons. The van der Waals surface area contributed by atoms with Crippen molar-refractivity contribution < 1.29 is 8.94 Å². The van der Waals surface area contributed by atoms with E-state index >= 15 is 0 Å². The van der Waals surface area contributed by atoms with Gasteiger partial charge in [-0.15, -0.1) is 4.72 Å². The first-order chi connectivity index (χ1) is 15.2. The number of halogens is 2. The summed E-state index contributed by atoms with van der Waals surface area (Å²) in [5.74, 6) is 0.573. The smallest absolute Gasteiger partial charge is 0.202 e. The highest BCUT2D eigenvalue weighted by molar-refractivity contribution is 14.1. The highest BCUT2D eigenvalue weighted by atomic mass is 127. The molecule has 2 aliphatic rings. The Morgan fingerprint density at radius 2 is 2.06 bits per heavy atom. The van der Waals surface area contributed by atoms with E-state index in [-0.39, 0.29) is 17.3 Å². The number of fused-ring (bicyclic) bond motifs is 2. The largest absolute Gasteiger partial charge is 0.598 e. The van der Waals surface area contributed by atoms with E-state index < -0.39 is 16.1 Å². The molecule has 0 saturated carbocycles. The van der Waals surface area contributed by atoms with Crippen molar-refractivity contribution in [2.45, 2.75) is 50.8 Å². The van der Waals surface area contributed by atoms with Gasteiger partial charge in [-0.3, -0.25) is 5.10 Å². The summed E-state index contributed by atoms with van der Waals surface area (Å²) >= 11 is 0.920. The summed E-state index contributed by atoms with van der Waals surface area (Å²) in [5, 5.41) is 7.16. The molecule has 1 aromatic carbocycles. The highest BCUT2D eigenvalue weighted by Gasteiger charge is 2.50. The van der Waals surface area contributed by atoms with E-state index in [2.05, 4.69) is 52.4 Å². The number of aromatic amines is 1. The van der Waals surface area contributed by atoms with Crippen LogP contribution in [0.3, 0.4) is 0 Å². The van der Waals surface area contributed by atoms with Crippen LogP contribution in [0, 0.1) is 14.9 Å². The van der Waals surface area contributed by atoms with Gasteiger partial charge in [0.1, 0.15) is 25.6 Å². The van der Waals surface area contributed by atoms with Crippen molar-refractivity contribution >= 4 is 50.9 Å². The molecule has 0 amide bonds. The van der Waals surface area contributed by atoms with Gasteiger partial charge in [0, 0.05) is 29.9 Å². The number of nitrogens with one attached hydrogen (secondary N) is 2. The maximum Gasteiger partial charge on any atom is 0.202 e. The van der Waals surface area contributed by atoms with Gasteiger partial charge in [-0.1, -0.05) is 6.07 Å². The minimum absolute atomic E-state index is 0.104. The average molecular weight is 568 g/mol. The molecule has 2 aromatic heterocycles. The number of benzene rings is 1. The lowest BCUT2D eigenvalue weighted by molar-refractivity contribution is 0.176. The Morgan fingerprint density at radius 3 is 2.78 bits per heavy atom. The van der Waals surface area contributed by atoms with Gasteiger partial charge in [0.05, 0.1) is 12.2 Å². The van der Waals surface area contributed by atoms with Crippen LogP contribution in [-0.2, 0) is 17.8 Å². The molecular formula is C22H26FIN6OS. The zero-order valence-electron chi connectivity index (χ0n) is 18.3. The summed E-state index contributed by atoms with van der Waals surface area (Å²) in [5.41, 5.74) is 3.40. The SMILES string of the molecule is CC(C)(C)[S+]([O-])N[C@@H]1c2cc(F)ccc2CC12CCN(c1cnc3c(I)[nH]nc3n1)CC2. The molecule has 7 nitrogen and oxygen atoms in total. The number of aromatic nitrogens is 4. The van der Waals surface area contributed by atoms with Crippen LogP contribution >= 0.6 is 22.6 Å². The molecule has 3 heterocycles. The normalized spacial score (nSPS) is 21.3. The maximum atomic E-state index is 14.1. The Bertz CT molecular complexity index is 1160. The van der Waals surface area contributed by atoms with E-state index in [1.807, 2.05) is 26.8 Å². The Kier molecular flexibility index (Phi) is 5.62. The molecule has 10 heteroatoms. The topological polar surface area (TPSA) is 92.8 Å². The van der Waals surface area contributed by atoms with Gasteiger partial charge < -0.3 is 9.45 Å². The Balaban J connectivity index is 1.40. The van der Waals surface area contributed by atoms with E-state index in [0.717, 1.165) is 58.5 Å². The van der Waals surface area contributed by atoms with Gasteiger partial charge in [-0.05, 0) is 85.9 Å². The molecule has 1 spiro atoms. The van der Waals surface area contributed by atoms with Crippen molar-refractivity contribution in [2.24, 2.45) is 5.41 Å². The highest BCUT2D eigenvalue weighted by Crippen LogP contribution is 2.53. The molecule has 1 saturated heterocycles. The Labute approximate surface area is 203 Å². The second kappa shape index (κ2) is 8.07. The zero-order chi connectivity index (χ0) is 22.7. The zero-order valence-corrected chi connectivity index (χ0v) is 21.3. The lowest BCUT2D eigenvalue weighted by Gasteiger charge is -2.44. The van der Waals surface area contributed by atoms with Gasteiger partial charge in [0.25, 0.3) is 0 Å². The minimum atomic E-state index is -1.25. The molecule has 2 N–H and O–H groups in total. The molecule has 170 valence electrons. The molecule has 1 aliphatic heterocycles. The predicted octanol–water partition coefficient (Wildman–Crippen LogP) is 4.03. The number of anilines is 1. The molecule has 1 fully saturated rings. The van der Waals surface area contributed by atoms with Gasteiger partial charge in [0.15, 0.2) is 0 Å². The maximum absolute atomic E-state index is 14.1. The van der Waals surface area contributed by atoms with Crippen molar-refractivity contribution in [1.29, 1.82) is 0 Å². The third-order valence-electron chi connectivity index (χ3n) is 6.65. The number of piperidine rings is 1. The van der Waals surface area contributed by atoms with Crippen LogP contribution in [0.1, 0.15) is 50.8 Å². The van der Waals surface area contributed by atoms with Crippen molar-refractivity contribution in [3.8, 4) is 0 Å². The average Bonchev–Trinajstić information content (AvgIpc) is 3.26. The van der Waals surface area contributed by atoms with Gasteiger partial charge >= 0.3 is 0 Å². The summed E-state index contributed by atoms with van der Waals surface area (Å²) in [6.45, 7) is 7.48. The van der Waals surface area contributed by atoms with Crippen LogP contribution in [-0.4, -0.2) is 42.6 Å². The predicted molar refractivity (Wildman–Crippen MR) is 132 cm³/mol. The lowest BCUT2D eigenvalue weighted by atomic mass is 9.73. The fourth-order valence-electron chi connectivity index (χ4n) is 4.84. The molecule has 5 rings (SSSR count). The van der Waals surface area contributed by atoms with Crippen LogP contribution in [0.4, 0.5) is 10.2 Å². The van der Waals surface area contributed by atoms with Crippen LogP contribution in [0.2, 0.25) is 0 Å². The van der Waals surface area contributed by atoms with Gasteiger partial charge in [-0.25, -0.2) is 14.4 Å². The summed E-state index contributed by atoms with van der Waals surface area (Å²) in [4.78, 5) is 11.5. The number of nitrogens with zero attached hydrogens (tertiary/aromatic N) is 4. The van der Waals surface area contributed by atoms with E-state index in [9.17, 15) is 8.94 Å². The molecular weight excluding hydrogens is 542 g/mol. The lowest BCUT2D eigenvalue weighted by Crippen LogP contribution is -2.49. The second-order valence-corrected chi connectivity index (χ2v) is 12.8. The van der Waals surface area contributed by atoms with E-state index in [0.29, 0.717) is 5.65 Å². The molecule has 1 unspecified atom stereocenters. The molecule has 0 bridgehead atoms. The standard InChI is InChI=1S/C22H26FIN6OS/c1-21(2,3)32(31)29-18-15-10-14(23)5-4-13(15)11-22(18)6-8-30(9-7-22)16-12-25-17-19(24)27-28-20(17)26-16/h4-5,10,12,18,29H,6-9,11H2,1-3H3,(H,26,27,28)/t18-,32?/m1/s1. The van der Waals surface area contributed by atoms with E-state index in [1.165, 1.54) is 6.07 Å². The second-order valence-electron chi connectivity index (χ2n) is 9.74. The molecule has 2 atom stereocenters. The summed E-state index contributed by atoms with van der Waals surface area (Å²) in [7, 11) is 0. The quantitative estimate of drug-likeness (QED) is 0.366. The molecule has 32 heavy (non-hydrogen) atoms. The fourth-order valence-corrected chi connectivity index (χ4v) is 6.28. The first-order valence-electron chi connectivity index (χ1n) is 10.7. The number of hydrogen-bond donors (Lipinski definition) is 2. The van der Waals surface area contributed by atoms with Crippen LogP contribution in [0.25, 0.3) is 11.2 Å². The van der Waals surface area contributed by atoms with Gasteiger partial charge in [0.2, 0.25) is 5.65 Å². The number of hydrogen-bond acceptors (Lipinski definition) is 6. The van der Waals surface area contributed by atoms with E-state index in [4.69, 9.17) is 0 Å². The minimum Gasteiger partial charge on any atom is -0.598 e. The Morgan fingerprint density at radius 1 is 1.31 bits per heavy atom. The summed E-state index contributed by atoms with van der Waals surface area (Å²) < 4.78 is 31.0. The third kappa shape index (κ3) is 3.88. The van der Waals surface area contributed by atoms with Gasteiger partial charge in [-0.2, -0.15) is 5.10 Å². The van der Waals surface area contributed by atoms with Crippen LogP contribution in [0.15, 0.2) is 24.4 Å². The van der Waals surface area contributed by atoms with Crippen LogP contribution in [0.5, 0.6) is 0 Å².